The van der Waals surface area contributed by atoms with Gasteiger partial charge in [0.05, 0.1) is 6.04 Å². The first-order valence-corrected chi connectivity index (χ1v) is 7.16. The third-order valence-corrected chi connectivity index (χ3v) is 3.69. The first-order valence-electron chi connectivity index (χ1n) is 7.16. The number of carbonyl (C=O) groups excluding carboxylic acids is 2. The molecule has 1 saturated heterocycles. The van der Waals surface area contributed by atoms with Gasteiger partial charge in [-0.05, 0) is 32.7 Å². The lowest BCUT2D eigenvalue weighted by Gasteiger charge is -2.34. The van der Waals surface area contributed by atoms with Gasteiger partial charge in [0.1, 0.15) is 6.29 Å². The molecule has 1 rings (SSSR count). The number of nitrogens with one attached hydrogen (secondary N) is 1. The quantitative estimate of drug-likeness (QED) is 0.554. The van der Waals surface area contributed by atoms with E-state index >= 15 is 0 Å². The fourth-order valence-electron chi connectivity index (χ4n) is 2.40. The molecule has 0 aromatic carbocycles. The number of likely N-dealkylation sites (tertiary alicyclic amines) is 1. The molecule has 2 atom stereocenters. The van der Waals surface area contributed by atoms with Crippen LogP contribution in [0.1, 0.15) is 46.0 Å². The van der Waals surface area contributed by atoms with Crippen LogP contribution in [0.4, 0.5) is 0 Å². The van der Waals surface area contributed by atoms with Gasteiger partial charge in [-0.15, -0.1) is 0 Å². The Kier molecular flexibility index (Phi) is 6.94. The average Bonchev–Trinajstić information content (AvgIpc) is 2.42. The number of hydrogen-bond donors (Lipinski definition) is 1. The maximum absolute atomic E-state index is 12.0. The van der Waals surface area contributed by atoms with Crippen LogP contribution in [0.25, 0.3) is 0 Å². The Morgan fingerprint density at radius 1 is 1.50 bits per heavy atom. The lowest BCUT2D eigenvalue weighted by molar-refractivity contribution is -0.127. The molecule has 4 nitrogen and oxygen atoms in total. The molecule has 1 heterocycles. The molecule has 1 fully saturated rings. The van der Waals surface area contributed by atoms with E-state index in [1.807, 2.05) is 6.92 Å². The summed E-state index contributed by atoms with van der Waals surface area (Å²) in [5.74, 6) is 0.201. The van der Waals surface area contributed by atoms with E-state index in [0.717, 1.165) is 51.6 Å². The van der Waals surface area contributed by atoms with E-state index in [1.165, 1.54) is 6.42 Å². The summed E-state index contributed by atoms with van der Waals surface area (Å²) in [5, 5.41) is 2.98. The predicted octanol–water partition coefficient (Wildman–Crippen LogP) is 1.59. The highest BCUT2D eigenvalue weighted by Gasteiger charge is 2.26. The number of amides is 1. The normalized spacial score (nSPS) is 22.4. The van der Waals surface area contributed by atoms with Gasteiger partial charge in [-0.1, -0.05) is 19.8 Å². The van der Waals surface area contributed by atoms with E-state index in [4.69, 9.17) is 0 Å². The Labute approximate surface area is 110 Å². The Morgan fingerprint density at radius 3 is 2.94 bits per heavy atom. The minimum absolute atomic E-state index is 0.0950. The van der Waals surface area contributed by atoms with E-state index < -0.39 is 0 Å². The fraction of sp³-hybridized carbons (Fsp3) is 0.857. The van der Waals surface area contributed by atoms with Crippen LogP contribution in [0.3, 0.4) is 0 Å². The summed E-state index contributed by atoms with van der Waals surface area (Å²) < 4.78 is 0. The van der Waals surface area contributed by atoms with Crippen LogP contribution in [0, 0.1) is 5.92 Å². The summed E-state index contributed by atoms with van der Waals surface area (Å²) in [6, 6.07) is -0.116. The van der Waals surface area contributed by atoms with Crippen LogP contribution in [-0.2, 0) is 9.59 Å². The SMILES string of the molecule is CCCCCNC(=O)C(C)N1CCCC(C=O)C1. The summed E-state index contributed by atoms with van der Waals surface area (Å²) >= 11 is 0. The Morgan fingerprint density at radius 2 is 2.28 bits per heavy atom. The second-order valence-corrected chi connectivity index (χ2v) is 5.21. The Hall–Kier alpha value is -0.900. The number of rotatable bonds is 7. The van der Waals surface area contributed by atoms with Crippen LogP contribution in [-0.4, -0.2) is 42.8 Å². The van der Waals surface area contributed by atoms with Crippen LogP contribution >= 0.6 is 0 Å². The van der Waals surface area contributed by atoms with Gasteiger partial charge in [-0.2, -0.15) is 0 Å². The minimum Gasteiger partial charge on any atom is -0.355 e. The van der Waals surface area contributed by atoms with Crippen LogP contribution < -0.4 is 5.32 Å². The van der Waals surface area contributed by atoms with Gasteiger partial charge in [0.2, 0.25) is 5.91 Å². The van der Waals surface area contributed by atoms with Crippen molar-refractivity contribution in [2.24, 2.45) is 5.92 Å². The smallest absolute Gasteiger partial charge is 0.237 e. The van der Waals surface area contributed by atoms with Crippen molar-refractivity contribution in [3.05, 3.63) is 0 Å². The number of unbranched alkanes of at least 4 members (excludes halogenated alkanes) is 2. The molecule has 1 N–H and O–H groups in total. The van der Waals surface area contributed by atoms with Gasteiger partial charge >= 0.3 is 0 Å². The molecule has 1 aliphatic heterocycles. The van der Waals surface area contributed by atoms with E-state index in [0.29, 0.717) is 0 Å². The largest absolute Gasteiger partial charge is 0.355 e. The van der Waals surface area contributed by atoms with E-state index in [-0.39, 0.29) is 17.9 Å². The van der Waals surface area contributed by atoms with Gasteiger partial charge in [0, 0.05) is 19.0 Å². The van der Waals surface area contributed by atoms with E-state index in [2.05, 4.69) is 17.1 Å². The molecule has 1 aliphatic rings. The van der Waals surface area contributed by atoms with Crippen molar-refractivity contribution in [1.29, 1.82) is 0 Å². The summed E-state index contributed by atoms with van der Waals surface area (Å²) in [7, 11) is 0. The molecule has 2 unspecified atom stereocenters. The average molecular weight is 254 g/mol. The first kappa shape index (κ1) is 15.2. The van der Waals surface area contributed by atoms with Crippen LogP contribution in [0.2, 0.25) is 0 Å². The van der Waals surface area contributed by atoms with Crippen LogP contribution in [0.5, 0.6) is 0 Å². The van der Waals surface area contributed by atoms with E-state index in [9.17, 15) is 9.59 Å². The maximum atomic E-state index is 12.0. The minimum atomic E-state index is -0.116. The topological polar surface area (TPSA) is 49.4 Å². The van der Waals surface area contributed by atoms with Crippen molar-refractivity contribution in [2.75, 3.05) is 19.6 Å². The second kappa shape index (κ2) is 8.25. The molecular weight excluding hydrogens is 228 g/mol. The van der Waals surface area contributed by atoms with Gasteiger partial charge in [0.15, 0.2) is 0 Å². The van der Waals surface area contributed by atoms with E-state index in [1.54, 1.807) is 0 Å². The molecule has 18 heavy (non-hydrogen) atoms. The molecule has 0 aromatic heterocycles. The van der Waals surface area contributed by atoms with Crippen molar-refractivity contribution >= 4 is 12.2 Å². The van der Waals surface area contributed by atoms with Crippen molar-refractivity contribution in [2.45, 2.75) is 52.0 Å². The number of hydrogen-bond acceptors (Lipinski definition) is 3. The van der Waals surface area contributed by atoms with Crippen molar-refractivity contribution in [3.63, 3.8) is 0 Å². The molecule has 0 spiro atoms. The van der Waals surface area contributed by atoms with Gasteiger partial charge in [-0.25, -0.2) is 0 Å². The van der Waals surface area contributed by atoms with Gasteiger partial charge in [-0.3, -0.25) is 9.69 Å². The molecule has 0 radical (unpaired) electrons. The third kappa shape index (κ3) is 4.77. The highest BCUT2D eigenvalue weighted by atomic mass is 16.2. The van der Waals surface area contributed by atoms with Crippen molar-refractivity contribution in [3.8, 4) is 0 Å². The molecule has 4 heteroatoms. The summed E-state index contributed by atoms with van der Waals surface area (Å²) in [5.41, 5.74) is 0. The molecule has 0 bridgehead atoms. The molecule has 0 aliphatic carbocycles. The molecular formula is C14H26N2O2. The monoisotopic (exact) mass is 254 g/mol. The van der Waals surface area contributed by atoms with Gasteiger partial charge in [0.25, 0.3) is 0 Å². The highest BCUT2D eigenvalue weighted by molar-refractivity contribution is 5.81. The number of nitrogens with zero attached hydrogens (tertiary/aromatic N) is 1. The third-order valence-electron chi connectivity index (χ3n) is 3.69. The highest BCUT2D eigenvalue weighted by Crippen LogP contribution is 2.16. The van der Waals surface area contributed by atoms with Crippen LogP contribution in [0.15, 0.2) is 0 Å². The van der Waals surface area contributed by atoms with Crippen molar-refractivity contribution < 1.29 is 9.59 Å². The first-order chi connectivity index (χ1) is 8.69. The van der Waals surface area contributed by atoms with Crippen molar-refractivity contribution in [1.82, 2.24) is 10.2 Å². The number of carbonyl (C=O) groups is 2. The van der Waals surface area contributed by atoms with Gasteiger partial charge < -0.3 is 10.1 Å². The lowest BCUT2D eigenvalue weighted by atomic mass is 9.98. The predicted molar refractivity (Wildman–Crippen MR) is 72.4 cm³/mol. The molecule has 0 aromatic rings. The number of piperidine rings is 1. The maximum Gasteiger partial charge on any atom is 0.237 e. The zero-order chi connectivity index (χ0) is 13.4. The Balaban J connectivity index is 2.31. The lowest BCUT2D eigenvalue weighted by Crippen LogP contribution is -2.49. The summed E-state index contributed by atoms with van der Waals surface area (Å²) in [4.78, 5) is 24.9. The standard InChI is InChI=1S/C14H26N2O2/c1-3-4-5-8-15-14(18)12(2)16-9-6-7-13(10-16)11-17/h11-13H,3-10H2,1-2H3,(H,15,18). The summed E-state index contributed by atoms with van der Waals surface area (Å²) in [6.45, 7) is 6.50. The second-order valence-electron chi connectivity index (χ2n) is 5.21. The number of aldehydes is 1. The fourth-order valence-corrected chi connectivity index (χ4v) is 2.40. The zero-order valence-corrected chi connectivity index (χ0v) is 11.7. The molecule has 0 saturated carbocycles. The molecule has 1 amide bonds. The summed E-state index contributed by atoms with van der Waals surface area (Å²) in [6.07, 6.45) is 6.37. The molecule has 104 valence electrons. The zero-order valence-electron chi connectivity index (χ0n) is 11.7. The Bertz CT molecular complexity index is 269.